The summed E-state index contributed by atoms with van der Waals surface area (Å²) in [6.07, 6.45) is 5.51. The maximum atomic E-state index is 4.13. The Morgan fingerprint density at radius 3 is 2.92 bits per heavy atom. The number of nitrogens with zero attached hydrogens (tertiary/aromatic N) is 1. The Balaban J connectivity index is 2.15. The normalized spacial score (nSPS) is 9.67. The van der Waals surface area contributed by atoms with Gasteiger partial charge in [0.25, 0.3) is 0 Å². The molecule has 2 aromatic rings. The Kier molecular flexibility index (Phi) is 1.78. The fourth-order valence-corrected chi connectivity index (χ4v) is 0.986. The van der Waals surface area contributed by atoms with Crippen LogP contribution in [0.2, 0.25) is 0 Å². The van der Waals surface area contributed by atoms with Crippen LogP contribution in [0.3, 0.4) is 0 Å². The molecule has 3 heteroatoms. The van der Waals surface area contributed by atoms with Crippen LogP contribution in [0.15, 0.2) is 42.9 Å². The van der Waals surface area contributed by atoms with Crippen LogP contribution in [0.5, 0.6) is 0 Å². The third kappa shape index (κ3) is 1.45. The number of hydrogen-bond donors (Lipinski definition) is 2. The van der Waals surface area contributed by atoms with Crippen LogP contribution in [-0.4, -0.2) is 9.97 Å². The molecule has 0 aliphatic heterocycles. The van der Waals surface area contributed by atoms with E-state index >= 15 is 0 Å². The molecular weight excluding hydrogens is 150 g/mol. The molecule has 2 heterocycles. The number of hydrogen-bond acceptors (Lipinski definition) is 2. The summed E-state index contributed by atoms with van der Waals surface area (Å²) in [4.78, 5) is 7.09. The zero-order chi connectivity index (χ0) is 8.23. The van der Waals surface area contributed by atoms with Crippen molar-refractivity contribution in [2.75, 3.05) is 5.32 Å². The highest BCUT2D eigenvalue weighted by Gasteiger charge is 1.92. The van der Waals surface area contributed by atoms with Gasteiger partial charge in [-0.25, -0.2) is 4.98 Å². The predicted molar refractivity (Wildman–Crippen MR) is 48.3 cm³/mol. The first-order valence-corrected chi connectivity index (χ1v) is 3.76. The highest BCUT2D eigenvalue weighted by molar-refractivity contribution is 5.54. The van der Waals surface area contributed by atoms with Crippen LogP contribution in [-0.2, 0) is 0 Å². The number of aromatic nitrogens is 2. The first kappa shape index (κ1) is 6.91. The van der Waals surface area contributed by atoms with Gasteiger partial charge in [0.1, 0.15) is 5.82 Å². The third-order valence-electron chi connectivity index (χ3n) is 1.54. The van der Waals surface area contributed by atoms with Crippen molar-refractivity contribution < 1.29 is 0 Å². The Labute approximate surface area is 70.5 Å². The molecule has 0 aliphatic rings. The molecule has 0 saturated heterocycles. The number of anilines is 2. The summed E-state index contributed by atoms with van der Waals surface area (Å²) in [5.74, 6) is 0.858. The van der Waals surface area contributed by atoms with E-state index in [1.807, 2.05) is 36.7 Å². The molecular formula is C9H9N3. The maximum Gasteiger partial charge on any atom is 0.130 e. The second-order valence-electron chi connectivity index (χ2n) is 2.44. The van der Waals surface area contributed by atoms with Gasteiger partial charge in [-0.2, -0.15) is 0 Å². The standard InChI is InChI=1S/C9H9N3/c1-2-5-11-9(3-1)12-8-4-6-10-7-8/h1-7,10H,(H,11,12). The maximum absolute atomic E-state index is 4.13. The number of nitrogens with one attached hydrogen (secondary N) is 2. The molecule has 0 radical (unpaired) electrons. The minimum Gasteiger partial charge on any atom is -0.366 e. The molecule has 3 nitrogen and oxygen atoms in total. The van der Waals surface area contributed by atoms with E-state index in [-0.39, 0.29) is 0 Å². The molecule has 60 valence electrons. The minimum atomic E-state index is 0.858. The van der Waals surface area contributed by atoms with E-state index in [0.717, 1.165) is 11.5 Å². The highest BCUT2D eigenvalue weighted by atomic mass is 15.0. The van der Waals surface area contributed by atoms with Gasteiger partial charge in [-0.3, -0.25) is 0 Å². The predicted octanol–water partition coefficient (Wildman–Crippen LogP) is 2.15. The Morgan fingerprint density at radius 2 is 2.25 bits per heavy atom. The third-order valence-corrected chi connectivity index (χ3v) is 1.54. The Hall–Kier alpha value is -1.77. The summed E-state index contributed by atoms with van der Waals surface area (Å²) in [6, 6.07) is 7.71. The van der Waals surface area contributed by atoms with Crippen LogP contribution in [0.25, 0.3) is 0 Å². The van der Waals surface area contributed by atoms with Gasteiger partial charge in [-0.05, 0) is 18.2 Å². The monoisotopic (exact) mass is 159 g/mol. The van der Waals surface area contributed by atoms with Crippen LogP contribution in [0.1, 0.15) is 0 Å². The van der Waals surface area contributed by atoms with Gasteiger partial charge < -0.3 is 10.3 Å². The van der Waals surface area contributed by atoms with E-state index < -0.39 is 0 Å². The van der Waals surface area contributed by atoms with Crippen molar-refractivity contribution in [3.63, 3.8) is 0 Å². The summed E-state index contributed by atoms with van der Waals surface area (Å²) in [5, 5.41) is 3.14. The molecule has 0 atom stereocenters. The molecule has 0 unspecified atom stereocenters. The van der Waals surface area contributed by atoms with Crippen molar-refractivity contribution >= 4 is 11.5 Å². The van der Waals surface area contributed by atoms with E-state index in [1.165, 1.54) is 0 Å². The second kappa shape index (κ2) is 3.09. The molecule has 2 rings (SSSR count). The molecule has 12 heavy (non-hydrogen) atoms. The summed E-state index contributed by atoms with van der Waals surface area (Å²) in [7, 11) is 0. The smallest absolute Gasteiger partial charge is 0.130 e. The Bertz CT molecular complexity index is 326. The molecule has 2 aromatic heterocycles. The van der Waals surface area contributed by atoms with Crippen LogP contribution in [0.4, 0.5) is 11.5 Å². The summed E-state index contributed by atoms with van der Waals surface area (Å²) in [6.45, 7) is 0. The van der Waals surface area contributed by atoms with Gasteiger partial charge in [0.05, 0.1) is 5.69 Å². The fraction of sp³-hybridized carbons (Fsp3) is 0. The zero-order valence-electron chi connectivity index (χ0n) is 6.49. The first-order valence-electron chi connectivity index (χ1n) is 3.76. The van der Waals surface area contributed by atoms with Gasteiger partial charge in [0, 0.05) is 18.6 Å². The topological polar surface area (TPSA) is 40.7 Å². The Morgan fingerprint density at radius 1 is 1.25 bits per heavy atom. The summed E-state index contributed by atoms with van der Waals surface area (Å²) >= 11 is 0. The average molecular weight is 159 g/mol. The van der Waals surface area contributed by atoms with Crippen molar-refractivity contribution in [3.8, 4) is 0 Å². The molecule has 0 saturated carbocycles. The van der Waals surface area contributed by atoms with Gasteiger partial charge in [0.15, 0.2) is 0 Å². The molecule has 0 aromatic carbocycles. The number of pyridine rings is 1. The van der Waals surface area contributed by atoms with E-state index in [9.17, 15) is 0 Å². The van der Waals surface area contributed by atoms with Crippen molar-refractivity contribution in [3.05, 3.63) is 42.9 Å². The van der Waals surface area contributed by atoms with E-state index in [1.54, 1.807) is 6.20 Å². The average Bonchev–Trinajstić information content (AvgIpc) is 2.59. The highest BCUT2D eigenvalue weighted by Crippen LogP contribution is 2.11. The lowest BCUT2D eigenvalue weighted by atomic mass is 10.4. The summed E-state index contributed by atoms with van der Waals surface area (Å²) < 4.78 is 0. The minimum absolute atomic E-state index is 0.858. The molecule has 0 amide bonds. The number of rotatable bonds is 2. The van der Waals surface area contributed by atoms with E-state index in [2.05, 4.69) is 15.3 Å². The lowest BCUT2D eigenvalue weighted by molar-refractivity contribution is 1.31. The molecule has 0 spiro atoms. The fourth-order valence-electron chi connectivity index (χ4n) is 0.986. The van der Waals surface area contributed by atoms with E-state index in [0.29, 0.717) is 0 Å². The molecule has 2 N–H and O–H groups in total. The SMILES string of the molecule is c1ccc(Nc2cc[nH]c2)nc1. The first-order chi connectivity index (χ1) is 5.95. The van der Waals surface area contributed by atoms with Gasteiger partial charge in [-0.15, -0.1) is 0 Å². The second-order valence-corrected chi connectivity index (χ2v) is 2.44. The zero-order valence-corrected chi connectivity index (χ0v) is 6.49. The van der Waals surface area contributed by atoms with Crippen molar-refractivity contribution in [2.45, 2.75) is 0 Å². The molecule has 0 aliphatic carbocycles. The lowest BCUT2D eigenvalue weighted by Gasteiger charge is -1.99. The van der Waals surface area contributed by atoms with Crippen LogP contribution in [0, 0.1) is 0 Å². The quantitative estimate of drug-likeness (QED) is 0.704. The largest absolute Gasteiger partial charge is 0.366 e. The van der Waals surface area contributed by atoms with Crippen molar-refractivity contribution in [2.24, 2.45) is 0 Å². The lowest BCUT2D eigenvalue weighted by Crippen LogP contribution is -1.89. The van der Waals surface area contributed by atoms with Gasteiger partial charge in [0.2, 0.25) is 0 Å². The number of aromatic amines is 1. The van der Waals surface area contributed by atoms with Gasteiger partial charge >= 0.3 is 0 Å². The number of H-pyrrole nitrogens is 1. The van der Waals surface area contributed by atoms with Crippen molar-refractivity contribution in [1.29, 1.82) is 0 Å². The molecule has 0 fully saturated rings. The van der Waals surface area contributed by atoms with E-state index in [4.69, 9.17) is 0 Å². The molecule has 0 bridgehead atoms. The summed E-state index contributed by atoms with van der Waals surface area (Å²) in [5.41, 5.74) is 1.02. The van der Waals surface area contributed by atoms with Crippen molar-refractivity contribution in [1.82, 2.24) is 9.97 Å². The van der Waals surface area contributed by atoms with Crippen LogP contribution < -0.4 is 5.32 Å². The van der Waals surface area contributed by atoms with Gasteiger partial charge in [-0.1, -0.05) is 6.07 Å². The van der Waals surface area contributed by atoms with Crippen LogP contribution >= 0.6 is 0 Å².